The molecule has 0 aliphatic heterocycles. The first-order valence-corrected chi connectivity index (χ1v) is 10.4. The Labute approximate surface area is 152 Å². The molecule has 3 heteroatoms. The van der Waals surface area contributed by atoms with Crippen molar-refractivity contribution in [2.24, 2.45) is 34.5 Å². The van der Waals surface area contributed by atoms with Crippen LogP contribution in [-0.2, 0) is 0 Å². The first-order valence-electron chi connectivity index (χ1n) is 10.4. The molecule has 0 spiro atoms. The highest BCUT2D eigenvalue weighted by Gasteiger charge is 2.60. The third kappa shape index (κ3) is 2.52. The smallest absolute Gasteiger partial charge is 0.0911 e. The van der Waals surface area contributed by atoms with Gasteiger partial charge in [0.2, 0.25) is 0 Å². The normalized spacial score (nSPS) is 50.6. The molecule has 0 aromatic rings. The van der Waals surface area contributed by atoms with Gasteiger partial charge < -0.3 is 10.2 Å². The lowest BCUT2D eigenvalue weighted by atomic mass is 9.43. The summed E-state index contributed by atoms with van der Waals surface area (Å²) in [6.07, 6.45) is 12.9. The van der Waals surface area contributed by atoms with Crippen LogP contribution in [0.5, 0.6) is 0 Å². The zero-order chi connectivity index (χ0) is 17.7. The Morgan fingerprint density at radius 1 is 1.16 bits per heavy atom. The third-order valence-corrected chi connectivity index (χ3v) is 9.00. The summed E-state index contributed by atoms with van der Waals surface area (Å²) in [5.41, 5.74) is 1.90. The number of hydrogen-bond donors (Lipinski definition) is 2. The predicted octanol–water partition coefficient (Wildman–Crippen LogP) is 4.20. The van der Waals surface area contributed by atoms with Crippen molar-refractivity contribution >= 4 is 0 Å². The van der Waals surface area contributed by atoms with Crippen molar-refractivity contribution in [3.05, 3.63) is 11.6 Å². The molecule has 0 aromatic carbocycles. The maximum Gasteiger partial charge on any atom is 0.0911 e. The second-order valence-electron chi connectivity index (χ2n) is 9.58. The molecule has 4 fully saturated rings. The molecule has 4 aliphatic carbocycles. The van der Waals surface area contributed by atoms with E-state index < -0.39 is 0 Å². The minimum atomic E-state index is -0.126. The van der Waals surface area contributed by atoms with Crippen molar-refractivity contribution in [3.63, 3.8) is 0 Å². The van der Waals surface area contributed by atoms with Crippen LogP contribution in [0.1, 0.15) is 71.1 Å². The molecule has 0 heterocycles. The second kappa shape index (κ2) is 6.39. The number of nitriles is 1. The number of rotatable bonds is 2. The summed E-state index contributed by atoms with van der Waals surface area (Å²) in [6, 6.07) is 2.29. The van der Waals surface area contributed by atoms with Gasteiger partial charge in [-0.05, 0) is 98.7 Å². The zero-order valence-corrected chi connectivity index (χ0v) is 15.6. The van der Waals surface area contributed by atoms with Crippen LogP contribution in [-0.4, -0.2) is 22.9 Å². The van der Waals surface area contributed by atoms with Gasteiger partial charge in [-0.25, -0.2) is 0 Å². The van der Waals surface area contributed by atoms with Crippen LogP contribution in [0.15, 0.2) is 11.6 Å². The van der Waals surface area contributed by atoms with Gasteiger partial charge in [-0.1, -0.05) is 12.5 Å². The Bertz CT molecular complexity index is 593. The SMILES string of the molecule is C[C@]12CC[C@H]3[C@@H](CC[C@H]4C[C@H](O)CC[C@@]43CCO)[C@@H]1CC/C2=C\C#N. The fourth-order valence-corrected chi connectivity index (χ4v) is 7.90. The van der Waals surface area contributed by atoms with Crippen molar-refractivity contribution in [1.82, 2.24) is 0 Å². The van der Waals surface area contributed by atoms with Crippen LogP contribution in [0.3, 0.4) is 0 Å². The summed E-state index contributed by atoms with van der Waals surface area (Å²) >= 11 is 0. The van der Waals surface area contributed by atoms with Crippen molar-refractivity contribution in [1.29, 1.82) is 5.26 Å². The molecular weight excluding hydrogens is 310 g/mol. The highest BCUT2D eigenvalue weighted by molar-refractivity contribution is 5.28. The van der Waals surface area contributed by atoms with Gasteiger partial charge in [-0.2, -0.15) is 5.26 Å². The Balaban J connectivity index is 1.66. The quantitative estimate of drug-likeness (QED) is 0.739. The molecule has 0 aromatic heterocycles. The van der Waals surface area contributed by atoms with Gasteiger partial charge in [-0.15, -0.1) is 0 Å². The number of nitrogens with zero attached hydrogens (tertiary/aromatic N) is 1. The molecule has 0 amide bonds. The monoisotopic (exact) mass is 343 g/mol. The predicted molar refractivity (Wildman–Crippen MR) is 97.5 cm³/mol. The molecule has 4 rings (SSSR count). The van der Waals surface area contributed by atoms with E-state index in [1.165, 1.54) is 37.7 Å². The molecule has 0 saturated heterocycles. The zero-order valence-electron chi connectivity index (χ0n) is 15.6. The lowest BCUT2D eigenvalue weighted by Crippen LogP contribution is -2.55. The molecule has 4 saturated carbocycles. The van der Waals surface area contributed by atoms with Crippen LogP contribution in [0.4, 0.5) is 0 Å². The van der Waals surface area contributed by atoms with Gasteiger partial charge >= 0.3 is 0 Å². The van der Waals surface area contributed by atoms with E-state index in [-0.39, 0.29) is 23.5 Å². The van der Waals surface area contributed by atoms with Crippen molar-refractivity contribution in [2.75, 3.05) is 6.61 Å². The van der Waals surface area contributed by atoms with Gasteiger partial charge in [0.1, 0.15) is 0 Å². The van der Waals surface area contributed by atoms with E-state index in [0.717, 1.165) is 38.0 Å². The summed E-state index contributed by atoms with van der Waals surface area (Å²) < 4.78 is 0. The Morgan fingerprint density at radius 2 is 2.00 bits per heavy atom. The van der Waals surface area contributed by atoms with E-state index >= 15 is 0 Å². The lowest BCUT2D eigenvalue weighted by molar-refractivity contribution is -0.134. The van der Waals surface area contributed by atoms with Crippen LogP contribution in [0.25, 0.3) is 0 Å². The summed E-state index contributed by atoms with van der Waals surface area (Å²) in [4.78, 5) is 0. The molecule has 2 N–H and O–H groups in total. The first-order chi connectivity index (χ1) is 12.0. The number of fused-ring (bicyclic) bond motifs is 5. The van der Waals surface area contributed by atoms with Crippen molar-refractivity contribution < 1.29 is 10.2 Å². The molecule has 25 heavy (non-hydrogen) atoms. The fraction of sp³-hybridized carbons (Fsp3) is 0.864. The minimum absolute atomic E-state index is 0.126. The van der Waals surface area contributed by atoms with E-state index in [1.807, 2.05) is 6.08 Å². The number of aliphatic hydroxyl groups excluding tert-OH is 2. The van der Waals surface area contributed by atoms with Gasteiger partial charge in [-0.3, -0.25) is 0 Å². The van der Waals surface area contributed by atoms with E-state index in [1.54, 1.807) is 0 Å². The number of allylic oxidation sites excluding steroid dienone is 2. The highest BCUT2D eigenvalue weighted by Crippen LogP contribution is 2.68. The van der Waals surface area contributed by atoms with Crippen LogP contribution in [0.2, 0.25) is 0 Å². The summed E-state index contributed by atoms with van der Waals surface area (Å²) in [5.74, 6) is 2.78. The number of hydrogen-bond acceptors (Lipinski definition) is 3. The Morgan fingerprint density at radius 3 is 2.76 bits per heavy atom. The minimum Gasteiger partial charge on any atom is -0.396 e. The van der Waals surface area contributed by atoms with E-state index in [9.17, 15) is 15.5 Å². The topological polar surface area (TPSA) is 64.2 Å². The summed E-state index contributed by atoms with van der Waals surface area (Å²) in [7, 11) is 0. The van der Waals surface area contributed by atoms with Crippen LogP contribution >= 0.6 is 0 Å². The lowest BCUT2D eigenvalue weighted by Gasteiger charge is -2.61. The first kappa shape index (κ1) is 17.6. The van der Waals surface area contributed by atoms with Gasteiger partial charge in [0.15, 0.2) is 0 Å². The van der Waals surface area contributed by atoms with E-state index in [4.69, 9.17) is 0 Å². The molecule has 3 nitrogen and oxygen atoms in total. The molecule has 138 valence electrons. The summed E-state index contributed by atoms with van der Waals surface area (Å²) in [6.45, 7) is 2.71. The molecular formula is C22H33NO2. The standard InChI is InChI=1S/C22H33NO2/c1-21-9-7-20-18(19(21)5-3-15(21)8-12-23)4-2-16-14-17(25)6-10-22(16,20)11-13-24/h8,16-20,24-25H,2-7,9-11,13-14H2,1H3/b15-8+/t16-,17+,18-,19-,20-,21+,22+/m0/s1. The Hall–Kier alpha value is -0.850. The van der Waals surface area contributed by atoms with Gasteiger partial charge in [0.25, 0.3) is 0 Å². The second-order valence-corrected chi connectivity index (χ2v) is 9.58. The fourth-order valence-electron chi connectivity index (χ4n) is 7.90. The maximum atomic E-state index is 10.2. The van der Waals surface area contributed by atoms with Crippen LogP contribution in [0, 0.1) is 45.8 Å². The van der Waals surface area contributed by atoms with E-state index in [2.05, 4.69) is 13.0 Å². The summed E-state index contributed by atoms with van der Waals surface area (Å²) in [5, 5.41) is 29.2. The van der Waals surface area contributed by atoms with Crippen molar-refractivity contribution in [3.8, 4) is 6.07 Å². The third-order valence-electron chi connectivity index (χ3n) is 9.00. The van der Waals surface area contributed by atoms with E-state index in [0.29, 0.717) is 17.8 Å². The number of aliphatic hydroxyl groups is 2. The molecule has 0 radical (unpaired) electrons. The molecule has 7 atom stereocenters. The molecule has 0 bridgehead atoms. The van der Waals surface area contributed by atoms with Crippen LogP contribution < -0.4 is 0 Å². The van der Waals surface area contributed by atoms with Gasteiger partial charge in [0, 0.05) is 12.7 Å². The average molecular weight is 344 g/mol. The Kier molecular flexibility index (Phi) is 4.49. The highest BCUT2D eigenvalue weighted by atomic mass is 16.3. The van der Waals surface area contributed by atoms with Crippen molar-refractivity contribution in [2.45, 2.75) is 77.2 Å². The maximum absolute atomic E-state index is 10.2. The average Bonchev–Trinajstić information content (AvgIpc) is 2.93. The van der Waals surface area contributed by atoms with Gasteiger partial charge in [0.05, 0.1) is 12.2 Å². The molecule has 0 unspecified atom stereocenters. The largest absolute Gasteiger partial charge is 0.396 e. The molecule has 4 aliphatic rings.